The van der Waals surface area contributed by atoms with E-state index >= 15 is 0 Å². The first kappa shape index (κ1) is 8.51. The molecule has 0 bridgehead atoms. The number of hydrogen-bond acceptors (Lipinski definition) is 2. The number of nitrogen functional groups attached to an aromatic ring is 1. The minimum absolute atomic E-state index is 0.829. The van der Waals surface area contributed by atoms with Crippen molar-refractivity contribution in [3.63, 3.8) is 0 Å². The fourth-order valence-electron chi connectivity index (χ4n) is 0.566. The lowest BCUT2D eigenvalue weighted by molar-refractivity contribution is 1.47. The molecular formula is C8H10N2. The number of hydrogen-bond donors (Lipinski definition) is 1. The molecular weight excluding hydrogens is 124 g/mol. The Labute approximate surface area is 60.9 Å². The third-order valence-electron chi connectivity index (χ3n) is 1.08. The fourth-order valence-corrected chi connectivity index (χ4v) is 0.566. The zero-order valence-electron chi connectivity index (χ0n) is 5.91. The Morgan fingerprint density at radius 3 is 1.90 bits per heavy atom. The van der Waals surface area contributed by atoms with Crippen LogP contribution in [0.4, 0.5) is 5.69 Å². The van der Waals surface area contributed by atoms with Gasteiger partial charge in [-0.2, -0.15) is 0 Å². The maximum absolute atomic E-state index is 6.50. The lowest BCUT2D eigenvalue weighted by Gasteiger charge is -1.90. The van der Waals surface area contributed by atoms with E-state index in [-0.39, 0.29) is 0 Å². The zero-order chi connectivity index (χ0) is 7.98. The van der Waals surface area contributed by atoms with Gasteiger partial charge in [-0.25, -0.2) is 5.26 Å². The molecule has 10 heavy (non-hydrogen) atoms. The van der Waals surface area contributed by atoms with Crippen LogP contribution < -0.4 is 5.73 Å². The minimum atomic E-state index is 0.829. The highest BCUT2D eigenvalue weighted by Gasteiger charge is 1.80. The van der Waals surface area contributed by atoms with Crippen molar-refractivity contribution < 1.29 is 0 Å². The molecule has 1 aromatic rings. The first-order valence-electron chi connectivity index (χ1n) is 2.87. The molecule has 0 spiro atoms. The lowest BCUT2D eigenvalue weighted by Crippen LogP contribution is -1.81. The predicted octanol–water partition coefficient (Wildman–Crippen LogP) is 1.72. The molecule has 52 valence electrons. The summed E-state index contributed by atoms with van der Waals surface area (Å²) in [6.45, 7) is 5.54. The van der Waals surface area contributed by atoms with Crippen molar-refractivity contribution in [2.45, 2.75) is 6.92 Å². The third-order valence-corrected chi connectivity index (χ3v) is 1.08. The summed E-state index contributed by atoms with van der Waals surface area (Å²) in [5.74, 6) is 0. The highest BCUT2D eigenvalue weighted by Crippen LogP contribution is 2.02. The molecule has 0 radical (unpaired) electrons. The quantitative estimate of drug-likeness (QED) is 0.549. The maximum atomic E-state index is 6.50. The Bertz CT molecular complexity index is 177. The summed E-state index contributed by atoms with van der Waals surface area (Å²) in [4.78, 5) is 0. The van der Waals surface area contributed by atoms with Crippen molar-refractivity contribution in [2.24, 2.45) is 0 Å². The molecule has 0 amide bonds. The second-order valence-corrected chi connectivity index (χ2v) is 1.91. The second-order valence-electron chi connectivity index (χ2n) is 1.91. The zero-order valence-corrected chi connectivity index (χ0v) is 5.91. The number of benzene rings is 1. The molecule has 0 aliphatic carbocycles. The van der Waals surface area contributed by atoms with Crippen LogP contribution in [0, 0.1) is 18.8 Å². The molecule has 0 heterocycles. The van der Waals surface area contributed by atoms with Crippen LogP contribution in [0.25, 0.3) is 0 Å². The van der Waals surface area contributed by atoms with Gasteiger partial charge in [-0.3, -0.25) is 0 Å². The van der Waals surface area contributed by atoms with Crippen molar-refractivity contribution in [3.8, 4) is 6.57 Å². The fraction of sp³-hybridized carbons (Fsp3) is 0.125. The van der Waals surface area contributed by atoms with E-state index in [1.807, 2.05) is 31.2 Å². The second kappa shape index (κ2) is 4.39. The summed E-state index contributed by atoms with van der Waals surface area (Å²) >= 11 is 0. The topological polar surface area (TPSA) is 49.8 Å². The largest absolute Gasteiger partial charge is 0.399 e. The van der Waals surface area contributed by atoms with Crippen molar-refractivity contribution in [1.29, 1.82) is 5.26 Å². The molecule has 0 saturated carbocycles. The average Bonchev–Trinajstić information content (AvgIpc) is 2.00. The van der Waals surface area contributed by atoms with Crippen molar-refractivity contribution in [2.75, 3.05) is 5.73 Å². The molecule has 0 unspecified atom stereocenters. The number of rotatable bonds is 0. The number of nitriles is 1. The van der Waals surface area contributed by atoms with Gasteiger partial charge in [0, 0.05) is 12.3 Å². The van der Waals surface area contributed by atoms with Crippen LogP contribution in [0.2, 0.25) is 0 Å². The number of nitrogens with zero attached hydrogens (tertiary/aromatic N) is 1. The summed E-state index contributed by atoms with van der Waals surface area (Å²) in [5.41, 5.74) is 7.51. The van der Waals surface area contributed by atoms with Crippen LogP contribution in [0.3, 0.4) is 0 Å². The highest BCUT2D eigenvalue weighted by molar-refractivity contribution is 5.38. The van der Waals surface area contributed by atoms with E-state index in [0.717, 1.165) is 5.69 Å². The van der Waals surface area contributed by atoms with Gasteiger partial charge in [0.25, 0.3) is 0 Å². The van der Waals surface area contributed by atoms with E-state index in [0.29, 0.717) is 0 Å². The van der Waals surface area contributed by atoms with Crippen molar-refractivity contribution >= 4 is 5.69 Å². The summed E-state index contributed by atoms with van der Waals surface area (Å²) < 4.78 is 0. The predicted molar refractivity (Wildman–Crippen MR) is 42.3 cm³/mol. The van der Waals surface area contributed by atoms with E-state index in [1.165, 1.54) is 5.56 Å². The summed E-state index contributed by atoms with van der Waals surface area (Å²) in [6, 6.07) is 7.79. The van der Waals surface area contributed by atoms with Crippen molar-refractivity contribution in [1.82, 2.24) is 0 Å². The summed E-state index contributed by atoms with van der Waals surface area (Å²) in [7, 11) is 0. The van der Waals surface area contributed by atoms with E-state index in [9.17, 15) is 0 Å². The molecule has 2 nitrogen and oxygen atoms in total. The molecule has 0 fully saturated rings. The SMILES string of the molecule is C#N.Cc1ccc(N)cc1. The molecule has 1 rings (SSSR count). The van der Waals surface area contributed by atoms with E-state index in [2.05, 4.69) is 6.57 Å². The first-order chi connectivity index (χ1) is 4.79. The van der Waals surface area contributed by atoms with E-state index in [1.54, 1.807) is 0 Å². The third kappa shape index (κ3) is 2.73. The van der Waals surface area contributed by atoms with Crippen LogP contribution >= 0.6 is 0 Å². The van der Waals surface area contributed by atoms with Crippen LogP contribution in [0.1, 0.15) is 5.56 Å². The normalized spacial score (nSPS) is 7.50. The highest BCUT2D eigenvalue weighted by atomic mass is 14.5. The Hall–Kier alpha value is -1.49. The van der Waals surface area contributed by atoms with Crippen LogP contribution in [0.15, 0.2) is 24.3 Å². The number of aryl methyl sites for hydroxylation is 1. The van der Waals surface area contributed by atoms with Gasteiger partial charge in [0.2, 0.25) is 0 Å². The Morgan fingerprint density at radius 1 is 1.20 bits per heavy atom. The minimum Gasteiger partial charge on any atom is -0.399 e. The van der Waals surface area contributed by atoms with Gasteiger partial charge in [-0.1, -0.05) is 17.7 Å². The Morgan fingerprint density at radius 2 is 1.60 bits per heavy atom. The molecule has 0 aliphatic heterocycles. The van der Waals surface area contributed by atoms with Gasteiger partial charge in [0.1, 0.15) is 0 Å². The molecule has 0 aliphatic rings. The van der Waals surface area contributed by atoms with Crippen LogP contribution in [-0.4, -0.2) is 0 Å². The van der Waals surface area contributed by atoms with Crippen LogP contribution in [-0.2, 0) is 0 Å². The van der Waals surface area contributed by atoms with Gasteiger partial charge in [0.15, 0.2) is 0 Å². The van der Waals surface area contributed by atoms with Crippen molar-refractivity contribution in [3.05, 3.63) is 29.8 Å². The number of nitrogens with two attached hydrogens (primary N) is 1. The molecule has 0 atom stereocenters. The van der Waals surface area contributed by atoms with Crippen LogP contribution in [0.5, 0.6) is 0 Å². The van der Waals surface area contributed by atoms with E-state index < -0.39 is 0 Å². The molecule has 0 saturated heterocycles. The lowest BCUT2D eigenvalue weighted by atomic mass is 10.2. The standard InChI is InChI=1S/C7H9N.CHN/c1-6-2-4-7(8)5-3-6;1-2/h2-5H,8H2,1H3;1H. The Kier molecular flexibility index (Phi) is 3.74. The Balaban J connectivity index is 0.000000371. The smallest absolute Gasteiger partial charge is 0.0462 e. The summed E-state index contributed by atoms with van der Waals surface area (Å²) in [5, 5.41) is 6.50. The van der Waals surface area contributed by atoms with Gasteiger partial charge >= 0.3 is 0 Å². The molecule has 2 N–H and O–H groups in total. The molecule has 2 heteroatoms. The first-order valence-corrected chi connectivity index (χ1v) is 2.87. The van der Waals surface area contributed by atoms with Gasteiger partial charge in [-0.15, -0.1) is 0 Å². The monoisotopic (exact) mass is 134 g/mol. The van der Waals surface area contributed by atoms with Gasteiger partial charge < -0.3 is 5.73 Å². The average molecular weight is 134 g/mol. The summed E-state index contributed by atoms with van der Waals surface area (Å²) in [6.07, 6.45) is 0. The van der Waals surface area contributed by atoms with Gasteiger partial charge in [0.05, 0.1) is 0 Å². The van der Waals surface area contributed by atoms with Gasteiger partial charge in [-0.05, 0) is 19.1 Å². The molecule has 1 aromatic carbocycles. The number of anilines is 1. The maximum Gasteiger partial charge on any atom is 0.0462 e. The van der Waals surface area contributed by atoms with E-state index in [4.69, 9.17) is 11.0 Å². The molecule has 0 aromatic heterocycles.